The molecule has 0 saturated carbocycles. The van der Waals surface area contributed by atoms with Crippen molar-refractivity contribution in [2.24, 2.45) is 0 Å². The molecule has 3 rings (SSSR count). The Labute approximate surface area is 120 Å². The minimum absolute atomic E-state index is 0.426. The number of carboxylic acids is 1. The molecular formula is C15H14O2S2. The molecule has 1 heterocycles. The van der Waals surface area contributed by atoms with Gasteiger partial charge in [0.15, 0.2) is 0 Å². The first-order valence-electron chi connectivity index (χ1n) is 6.15. The van der Waals surface area contributed by atoms with Gasteiger partial charge in [0.2, 0.25) is 0 Å². The Balaban J connectivity index is 2.43. The highest BCUT2D eigenvalue weighted by molar-refractivity contribution is 8.05. The van der Waals surface area contributed by atoms with Crippen LogP contribution in [0.25, 0.3) is 10.8 Å². The second-order valence-electron chi connectivity index (χ2n) is 4.68. The van der Waals surface area contributed by atoms with Gasteiger partial charge in [-0.25, -0.2) is 4.79 Å². The van der Waals surface area contributed by atoms with Gasteiger partial charge in [-0.05, 0) is 42.5 Å². The smallest absolute Gasteiger partial charge is 0.335 e. The van der Waals surface area contributed by atoms with E-state index >= 15 is 0 Å². The van der Waals surface area contributed by atoms with Gasteiger partial charge in [-0.3, -0.25) is 0 Å². The predicted octanol–water partition coefficient (Wildman–Crippen LogP) is 4.35. The third-order valence-corrected chi connectivity index (χ3v) is 6.07. The van der Waals surface area contributed by atoms with Crippen LogP contribution in [0.15, 0.2) is 28.0 Å². The zero-order valence-electron chi connectivity index (χ0n) is 10.8. The van der Waals surface area contributed by atoms with Crippen molar-refractivity contribution in [1.29, 1.82) is 0 Å². The number of aromatic carboxylic acids is 1. The second kappa shape index (κ2) is 4.76. The van der Waals surface area contributed by atoms with Gasteiger partial charge < -0.3 is 5.11 Å². The van der Waals surface area contributed by atoms with Crippen LogP contribution in [0.1, 0.15) is 21.5 Å². The number of fused-ring (bicyclic) bond motifs is 3. The summed E-state index contributed by atoms with van der Waals surface area (Å²) < 4.78 is 0. The third kappa shape index (κ3) is 2.03. The van der Waals surface area contributed by atoms with E-state index in [1.807, 2.05) is 37.4 Å². The normalized spacial score (nSPS) is 14.4. The molecule has 0 aromatic heterocycles. The zero-order chi connectivity index (χ0) is 13.6. The molecule has 0 radical (unpaired) electrons. The lowest BCUT2D eigenvalue weighted by atomic mass is 9.96. The number of thioether (sulfide) groups is 2. The fraction of sp³-hybridized carbons (Fsp3) is 0.267. The largest absolute Gasteiger partial charge is 0.478 e. The summed E-state index contributed by atoms with van der Waals surface area (Å²) in [6.45, 7) is 3.91. The number of carbonyl (C=O) groups is 1. The molecule has 0 aliphatic carbocycles. The summed E-state index contributed by atoms with van der Waals surface area (Å²) in [5.41, 5.74) is 2.35. The first kappa shape index (κ1) is 12.9. The number of aryl methyl sites for hydroxylation is 2. The number of hydrogen-bond donors (Lipinski definition) is 1. The number of rotatable bonds is 1. The summed E-state index contributed by atoms with van der Waals surface area (Å²) >= 11 is 3.71. The first-order valence-corrected chi connectivity index (χ1v) is 8.12. The molecule has 0 fully saturated rings. The molecule has 2 nitrogen and oxygen atoms in total. The molecule has 0 amide bonds. The molecule has 2 aromatic rings. The number of carboxylic acid groups (broad SMARTS) is 1. The average Bonchev–Trinajstić information content (AvgIpc) is 2.41. The van der Waals surface area contributed by atoms with E-state index in [-0.39, 0.29) is 0 Å². The molecule has 4 heteroatoms. The van der Waals surface area contributed by atoms with Crippen molar-refractivity contribution in [3.8, 4) is 0 Å². The Bertz CT molecular complexity index is 692. The third-order valence-electron chi connectivity index (χ3n) is 3.50. The van der Waals surface area contributed by atoms with Crippen LogP contribution >= 0.6 is 23.5 Å². The van der Waals surface area contributed by atoms with E-state index in [9.17, 15) is 9.90 Å². The molecule has 98 valence electrons. The molecule has 0 bridgehead atoms. The Hall–Kier alpha value is -1.13. The van der Waals surface area contributed by atoms with E-state index < -0.39 is 5.97 Å². The zero-order valence-corrected chi connectivity index (χ0v) is 12.5. The summed E-state index contributed by atoms with van der Waals surface area (Å²) in [6, 6.07) is 6.08. The van der Waals surface area contributed by atoms with Crippen LogP contribution in [0.2, 0.25) is 0 Å². The Morgan fingerprint density at radius 3 is 2.68 bits per heavy atom. The van der Waals surface area contributed by atoms with Crippen molar-refractivity contribution >= 4 is 40.3 Å². The minimum atomic E-state index is -0.839. The molecule has 1 aliphatic rings. The van der Waals surface area contributed by atoms with Crippen LogP contribution in [0.3, 0.4) is 0 Å². The molecule has 19 heavy (non-hydrogen) atoms. The summed E-state index contributed by atoms with van der Waals surface area (Å²) in [5, 5.41) is 11.7. The quantitative estimate of drug-likeness (QED) is 0.847. The van der Waals surface area contributed by atoms with Gasteiger partial charge in [-0.15, -0.1) is 23.5 Å². The van der Waals surface area contributed by atoms with Crippen molar-refractivity contribution in [2.45, 2.75) is 23.6 Å². The van der Waals surface area contributed by atoms with Gasteiger partial charge in [0.1, 0.15) is 0 Å². The van der Waals surface area contributed by atoms with Gasteiger partial charge in [0.05, 0.1) is 5.56 Å². The lowest BCUT2D eigenvalue weighted by molar-refractivity contribution is 0.0696. The van der Waals surface area contributed by atoms with E-state index in [1.165, 1.54) is 15.2 Å². The monoisotopic (exact) mass is 290 g/mol. The molecule has 0 saturated heterocycles. The SMILES string of the molecule is Cc1cc(C(=O)O)c(C)c2c3c(ccc12)SCCS3. The van der Waals surface area contributed by atoms with Crippen LogP contribution in [0, 0.1) is 13.8 Å². The fourth-order valence-electron chi connectivity index (χ4n) is 2.58. The maximum atomic E-state index is 11.4. The topological polar surface area (TPSA) is 37.3 Å². The van der Waals surface area contributed by atoms with Crippen molar-refractivity contribution in [1.82, 2.24) is 0 Å². The van der Waals surface area contributed by atoms with Gasteiger partial charge in [-0.1, -0.05) is 6.07 Å². The second-order valence-corrected chi connectivity index (χ2v) is 6.93. The van der Waals surface area contributed by atoms with Gasteiger partial charge in [0.25, 0.3) is 0 Å². The van der Waals surface area contributed by atoms with E-state index in [2.05, 4.69) is 12.1 Å². The van der Waals surface area contributed by atoms with Crippen LogP contribution in [-0.4, -0.2) is 22.6 Å². The van der Waals surface area contributed by atoms with Crippen molar-refractivity contribution in [2.75, 3.05) is 11.5 Å². The molecule has 0 unspecified atom stereocenters. The Morgan fingerprint density at radius 2 is 1.95 bits per heavy atom. The van der Waals surface area contributed by atoms with Crippen LogP contribution in [0.4, 0.5) is 0 Å². The Morgan fingerprint density at radius 1 is 1.21 bits per heavy atom. The van der Waals surface area contributed by atoms with Gasteiger partial charge in [0, 0.05) is 26.7 Å². The van der Waals surface area contributed by atoms with Crippen molar-refractivity contribution in [3.05, 3.63) is 34.9 Å². The van der Waals surface area contributed by atoms with Crippen LogP contribution < -0.4 is 0 Å². The minimum Gasteiger partial charge on any atom is -0.478 e. The summed E-state index contributed by atoms with van der Waals surface area (Å²) in [7, 11) is 0. The average molecular weight is 290 g/mol. The highest BCUT2D eigenvalue weighted by Crippen LogP contribution is 2.43. The first-order chi connectivity index (χ1) is 9.09. The van der Waals surface area contributed by atoms with Gasteiger partial charge >= 0.3 is 5.97 Å². The number of benzene rings is 2. The lowest BCUT2D eigenvalue weighted by Crippen LogP contribution is -2.03. The van der Waals surface area contributed by atoms with E-state index in [4.69, 9.17) is 0 Å². The molecule has 1 N–H and O–H groups in total. The summed E-state index contributed by atoms with van der Waals surface area (Å²) in [4.78, 5) is 13.9. The van der Waals surface area contributed by atoms with Crippen LogP contribution in [0.5, 0.6) is 0 Å². The Kier molecular flexibility index (Phi) is 3.23. The highest BCUT2D eigenvalue weighted by Gasteiger charge is 2.19. The summed E-state index contributed by atoms with van der Waals surface area (Å²) in [6.07, 6.45) is 0. The van der Waals surface area contributed by atoms with E-state index in [0.29, 0.717) is 5.56 Å². The predicted molar refractivity (Wildman–Crippen MR) is 81.8 cm³/mol. The molecule has 0 atom stereocenters. The maximum absolute atomic E-state index is 11.4. The lowest BCUT2D eigenvalue weighted by Gasteiger charge is -2.20. The molecule has 1 aliphatic heterocycles. The molecule has 0 spiro atoms. The van der Waals surface area contributed by atoms with Gasteiger partial charge in [-0.2, -0.15) is 0 Å². The standard InChI is InChI=1S/C15H14O2S2/c1-8-7-11(15(16)17)9(2)13-10(8)3-4-12-14(13)19-6-5-18-12/h3-4,7H,5-6H2,1-2H3,(H,16,17). The van der Waals surface area contributed by atoms with Crippen molar-refractivity contribution in [3.63, 3.8) is 0 Å². The van der Waals surface area contributed by atoms with E-state index in [0.717, 1.165) is 28.0 Å². The van der Waals surface area contributed by atoms with Crippen molar-refractivity contribution < 1.29 is 9.90 Å². The maximum Gasteiger partial charge on any atom is 0.335 e. The summed E-state index contributed by atoms with van der Waals surface area (Å²) in [5.74, 6) is 1.38. The van der Waals surface area contributed by atoms with Crippen LogP contribution in [-0.2, 0) is 0 Å². The fourth-order valence-corrected chi connectivity index (χ4v) is 5.04. The number of hydrogen-bond acceptors (Lipinski definition) is 3. The molecular weight excluding hydrogens is 276 g/mol. The highest BCUT2D eigenvalue weighted by atomic mass is 32.2. The molecule has 2 aromatic carbocycles. The van der Waals surface area contributed by atoms with E-state index in [1.54, 1.807) is 6.07 Å².